The van der Waals surface area contributed by atoms with E-state index in [0.29, 0.717) is 0 Å². The van der Waals surface area contributed by atoms with Crippen molar-refractivity contribution >= 4 is 5.69 Å². The van der Waals surface area contributed by atoms with Crippen LogP contribution in [-0.2, 0) is 6.42 Å². The smallest absolute Gasteiger partial charge is 0.0398 e. The van der Waals surface area contributed by atoms with Gasteiger partial charge in [-0.1, -0.05) is 32.0 Å². The van der Waals surface area contributed by atoms with E-state index in [1.807, 2.05) is 0 Å². The lowest BCUT2D eigenvalue weighted by atomic mass is 10.00. The third-order valence-corrected chi connectivity index (χ3v) is 3.68. The zero-order chi connectivity index (χ0) is 12.1. The number of nitrogens with zero attached hydrogens (tertiary/aromatic N) is 1. The fourth-order valence-corrected chi connectivity index (χ4v) is 2.61. The molecule has 1 aliphatic heterocycles. The second-order valence-electron chi connectivity index (χ2n) is 5.61. The molecule has 0 amide bonds. The van der Waals surface area contributed by atoms with Gasteiger partial charge in [-0.25, -0.2) is 0 Å². The zero-order valence-corrected chi connectivity index (χ0v) is 12.0. The second-order valence-corrected chi connectivity index (χ2v) is 5.61. The van der Waals surface area contributed by atoms with Gasteiger partial charge in [0.2, 0.25) is 0 Å². The van der Waals surface area contributed by atoms with Crippen LogP contribution in [0.5, 0.6) is 0 Å². The van der Waals surface area contributed by atoms with Gasteiger partial charge in [-0.15, -0.1) is 0 Å². The first-order valence-corrected chi connectivity index (χ1v) is 7.10. The van der Waals surface area contributed by atoms with Gasteiger partial charge in [-0.2, -0.15) is 0 Å². The Labute approximate surface area is 112 Å². The van der Waals surface area contributed by atoms with E-state index in [1.165, 1.54) is 50.9 Å². The number of anilines is 1. The van der Waals surface area contributed by atoms with Gasteiger partial charge < -0.3 is 11.1 Å². The minimum Gasteiger partial charge on any atom is -0.371 e. The lowest BCUT2D eigenvalue weighted by Gasteiger charge is -2.30. The van der Waals surface area contributed by atoms with Crippen LogP contribution in [0.4, 0.5) is 5.69 Å². The molecule has 2 rings (SSSR count). The third kappa shape index (κ3) is 4.02. The van der Waals surface area contributed by atoms with E-state index in [9.17, 15) is 0 Å². The summed E-state index contributed by atoms with van der Waals surface area (Å²) in [6.45, 7) is 7.12. The fourth-order valence-electron chi connectivity index (χ4n) is 2.61. The summed E-state index contributed by atoms with van der Waals surface area (Å²) < 4.78 is 0. The van der Waals surface area contributed by atoms with Gasteiger partial charge in [-0.05, 0) is 49.7 Å². The number of hydrogen-bond acceptors (Lipinski definition) is 2. The van der Waals surface area contributed by atoms with Crippen molar-refractivity contribution in [3.05, 3.63) is 29.8 Å². The van der Waals surface area contributed by atoms with E-state index in [2.05, 4.69) is 43.0 Å². The summed E-state index contributed by atoms with van der Waals surface area (Å²) in [5.74, 6) is 0.796. The van der Waals surface area contributed by atoms with Crippen LogP contribution in [0.3, 0.4) is 0 Å². The molecule has 0 atom stereocenters. The maximum absolute atomic E-state index is 2.58. The Balaban J connectivity index is 0.00000162. The van der Waals surface area contributed by atoms with Crippen LogP contribution in [0.1, 0.15) is 45.1 Å². The standard InChI is InChI=1S/C16H25N.H3N/c1-14(2)10-11-15-8-4-5-9-16(15)17-12-6-3-7-13-17;/h4-5,8-9,14H,3,6-7,10-13H2,1-2H3;1H3. The first-order chi connectivity index (χ1) is 8.27. The minimum atomic E-state index is 0. The van der Waals surface area contributed by atoms with Crippen LogP contribution in [-0.4, -0.2) is 13.1 Å². The molecule has 0 aromatic heterocycles. The summed E-state index contributed by atoms with van der Waals surface area (Å²) in [6.07, 6.45) is 6.65. The molecule has 1 aromatic carbocycles. The Bertz CT molecular complexity index is 341. The molecule has 0 spiro atoms. The summed E-state index contributed by atoms with van der Waals surface area (Å²) >= 11 is 0. The monoisotopic (exact) mass is 248 g/mol. The molecule has 2 heteroatoms. The van der Waals surface area contributed by atoms with Crippen LogP contribution in [0.2, 0.25) is 0 Å². The predicted octanol–water partition coefficient (Wildman–Crippen LogP) is 4.43. The normalized spacial score (nSPS) is 15.6. The number of rotatable bonds is 4. The second kappa shape index (κ2) is 7.42. The Kier molecular flexibility index (Phi) is 6.20. The summed E-state index contributed by atoms with van der Waals surface area (Å²) in [5, 5.41) is 0. The number of benzene rings is 1. The molecule has 1 aliphatic rings. The number of para-hydroxylation sites is 1. The molecule has 0 radical (unpaired) electrons. The molecule has 3 N–H and O–H groups in total. The molecule has 18 heavy (non-hydrogen) atoms. The topological polar surface area (TPSA) is 38.2 Å². The van der Waals surface area contributed by atoms with Gasteiger partial charge in [0, 0.05) is 18.8 Å². The Hall–Kier alpha value is -1.02. The highest BCUT2D eigenvalue weighted by Crippen LogP contribution is 2.25. The van der Waals surface area contributed by atoms with Gasteiger partial charge in [0.15, 0.2) is 0 Å². The van der Waals surface area contributed by atoms with E-state index in [0.717, 1.165) is 5.92 Å². The van der Waals surface area contributed by atoms with Crippen molar-refractivity contribution in [2.45, 2.75) is 46.0 Å². The predicted molar refractivity (Wildman–Crippen MR) is 80.7 cm³/mol. The maximum Gasteiger partial charge on any atom is 0.0398 e. The van der Waals surface area contributed by atoms with Gasteiger partial charge in [0.1, 0.15) is 0 Å². The molecule has 1 heterocycles. The van der Waals surface area contributed by atoms with Gasteiger partial charge in [0.25, 0.3) is 0 Å². The quantitative estimate of drug-likeness (QED) is 0.856. The fraction of sp³-hybridized carbons (Fsp3) is 0.625. The molecule has 0 unspecified atom stereocenters. The molecule has 0 aliphatic carbocycles. The van der Waals surface area contributed by atoms with E-state index >= 15 is 0 Å². The lowest BCUT2D eigenvalue weighted by Crippen LogP contribution is -2.30. The molecule has 102 valence electrons. The Morgan fingerprint density at radius 3 is 2.39 bits per heavy atom. The van der Waals surface area contributed by atoms with Crippen LogP contribution in [0, 0.1) is 5.92 Å². The average Bonchev–Trinajstić information content (AvgIpc) is 2.38. The molecule has 1 aromatic rings. The van der Waals surface area contributed by atoms with Crippen molar-refractivity contribution < 1.29 is 0 Å². The van der Waals surface area contributed by atoms with Crippen LogP contribution in [0.25, 0.3) is 0 Å². The zero-order valence-electron chi connectivity index (χ0n) is 12.0. The van der Waals surface area contributed by atoms with Crippen LogP contribution in [0.15, 0.2) is 24.3 Å². The van der Waals surface area contributed by atoms with Gasteiger partial charge >= 0.3 is 0 Å². The van der Waals surface area contributed by atoms with Crippen molar-refractivity contribution in [2.75, 3.05) is 18.0 Å². The van der Waals surface area contributed by atoms with E-state index < -0.39 is 0 Å². The maximum atomic E-state index is 2.58. The summed E-state index contributed by atoms with van der Waals surface area (Å²) in [6, 6.07) is 8.99. The van der Waals surface area contributed by atoms with Crippen LogP contribution < -0.4 is 11.1 Å². The van der Waals surface area contributed by atoms with E-state index in [-0.39, 0.29) is 6.15 Å². The number of piperidine rings is 1. The number of hydrogen-bond donors (Lipinski definition) is 1. The van der Waals surface area contributed by atoms with E-state index in [1.54, 1.807) is 5.56 Å². The highest BCUT2D eigenvalue weighted by molar-refractivity contribution is 5.54. The first kappa shape index (κ1) is 15.0. The summed E-state index contributed by atoms with van der Waals surface area (Å²) in [4.78, 5) is 2.58. The van der Waals surface area contributed by atoms with Gasteiger partial charge in [-0.3, -0.25) is 0 Å². The Morgan fingerprint density at radius 2 is 1.72 bits per heavy atom. The SMILES string of the molecule is CC(C)CCc1ccccc1N1CCCCC1.N. The van der Waals surface area contributed by atoms with Crippen molar-refractivity contribution in [1.82, 2.24) is 6.15 Å². The molecule has 2 nitrogen and oxygen atoms in total. The molecule has 1 saturated heterocycles. The van der Waals surface area contributed by atoms with Crippen molar-refractivity contribution in [1.29, 1.82) is 0 Å². The molecular weight excluding hydrogens is 220 g/mol. The summed E-state index contributed by atoms with van der Waals surface area (Å²) in [7, 11) is 0. The average molecular weight is 248 g/mol. The molecule has 0 saturated carbocycles. The first-order valence-electron chi connectivity index (χ1n) is 7.10. The molecule has 1 fully saturated rings. The van der Waals surface area contributed by atoms with Gasteiger partial charge in [0.05, 0.1) is 0 Å². The van der Waals surface area contributed by atoms with E-state index in [4.69, 9.17) is 0 Å². The minimum absolute atomic E-state index is 0. The van der Waals surface area contributed by atoms with Crippen LogP contribution >= 0.6 is 0 Å². The lowest BCUT2D eigenvalue weighted by molar-refractivity contribution is 0.567. The number of aryl methyl sites for hydroxylation is 1. The largest absolute Gasteiger partial charge is 0.371 e. The van der Waals surface area contributed by atoms with Crippen molar-refractivity contribution in [3.63, 3.8) is 0 Å². The highest BCUT2D eigenvalue weighted by atomic mass is 15.1. The Morgan fingerprint density at radius 1 is 1.06 bits per heavy atom. The summed E-state index contributed by atoms with van der Waals surface area (Å²) in [5.41, 5.74) is 3.04. The molecule has 0 bridgehead atoms. The highest BCUT2D eigenvalue weighted by Gasteiger charge is 2.13. The third-order valence-electron chi connectivity index (χ3n) is 3.68. The van der Waals surface area contributed by atoms with Crippen molar-refractivity contribution in [3.8, 4) is 0 Å². The molecular formula is C16H28N2. The van der Waals surface area contributed by atoms with Crippen molar-refractivity contribution in [2.24, 2.45) is 5.92 Å².